The van der Waals surface area contributed by atoms with E-state index in [1.54, 1.807) is 20.9 Å². The first kappa shape index (κ1) is 48.6. The molecule has 56 heavy (non-hydrogen) atoms. The lowest BCUT2D eigenvalue weighted by atomic mass is 9.95. The molecule has 0 heterocycles. The maximum absolute atomic E-state index is 13.6. The Labute approximate surface area is 325 Å². The molecule has 4 atom stereocenters. The number of hydrogen-bond acceptors (Lipinski definition) is 8. The number of amides is 4. The van der Waals surface area contributed by atoms with Crippen LogP contribution in [0.25, 0.3) is 0 Å². The minimum Gasteiger partial charge on any atom is -0.475 e. The summed E-state index contributed by atoms with van der Waals surface area (Å²) in [7, 11) is 1.65. The summed E-state index contributed by atoms with van der Waals surface area (Å²) >= 11 is 0. The van der Waals surface area contributed by atoms with E-state index in [1.165, 1.54) is 4.90 Å². The Morgan fingerprint density at radius 2 is 1.45 bits per heavy atom. The van der Waals surface area contributed by atoms with Crippen LogP contribution >= 0.6 is 0 Å². The van der Waals surface area contributed by atoms with Crippen molar-refractivity contribution in [2.75, 3.05) is 20.1 Å². The van der Waals surface area contributed by atoms with E-state index in [4.69, 9.17) is 25.8 Å². The highest BCUT2D eigenvalue weighted by atomic mass is 19.4. The van der Waals surface area contributed by atoms with Crippen LogP contribution in [0.1, 0.15) is 64.5 Å². The topological polar surface area (TPSA) is 236 Å². The second kappa shape index (κ2) is 24.9. The molecule has 18 heteroatoms. The van der Waals surface area contributed by atoms with Crippen LogP contribution in [0.4, 0.5) is 18.0 Å². The monoisotopic (exact) mass is 795 g/mol. The van der Waals surface area contributed by atoms with E-state index in [1.807, 2.05) is 74.5 Å². The Hall–Kier alpha value is -5.39. The maximum Gasteiger partial charge on any atom is 0.490 e. The third kappa shape index (κ3) is 20.3. The number of aliphatic carboxylic acids is 1. The lowest BCUT2D eigenvalue weighted by Gasteiger charge is -2.30. The van der Waals surface area contributed by atoms with Gasteiger partial charge in [-0.15, -0.1) is 0 Å². The number of guanidine groups is 1. The van der Waals surface area contributed by atoms with Crippen LogP contribution in [0, 0.1) is 17.2 Å². The first-order valence-corrected chi connectivity index (χ1v) is 18.1. The Morgan fingerprint density at radius 3 is 1.95 bits per heavy atom. The Morgan fingerprint density at radius 1 is 0.893 bits per heavy atom. The number of nitrogens with zero attached hydrogens (tertiary/aromatic N) is 1. The molecule has 0 saturated carbocycles. The molecule has 0 radical (unpaired) electrons. The van der Waals surface area contributed by atoms with Gasteiger partial charge in [0.25, 0.3) is 0 Å². The minimum absolute atomic E-state index is 0.00965. The molecule has 0 spiro atoms. The summed E-state index contributed by atoms with van der Waals surface area (Å²) in [5.41, 5.74) is 7.40. The zero-order valence-electron chi connectivity index (χ0n) is 32.4. The normalized spacial score (nSPS) is 13.2. The molecule has 2 aromatic carbocycles. The second-order valence-electron chi connectivity index (χ2n) is 13.8. The van der Waals surface area contributed by atoms with Crippen molar-refractivity contribution in [1.82, 2.24) is 26.2 Å². The SMILES string of the molecule is CC(C)C[C@H](NC(=O)[C@@H](NC(=O)[C@H](CCCN(C)C(=N)N)NC(=O)OCc1ccccc1)C(C)C)[C@@H](O)CC(=O)NCCc1ccccc1.O=C(O)C(F)(F)F. The largest absolute Gasteiger partial charge is 0.490 e. The van der Waals surface area contributed by atoms with Crippen molar-refractivity contribution in [3.8, 4) is 0 Å². The van der Waals surface area contributed by atoms with Crippen LogP contribution < -0.4 is 27.0 Å². The van der Waals surface area contributed by atoms with Gasteiger partial charge in [0.2, 0.25) is 17.7 Å². The summed E-state index contributed by atoms with van der Waals surface area (Å²) in [5.74, 6) is -4.57. The van der Waals surface area contributed by atoms with Crippen molar-refractivity contribution >= 4 is 35.7 Å². The van der Waals surface area contributed by atoms with Crippen LogP contribution in [0.2, 0.25) is 0 Å². The highest BCUT2D eigenvalue weighted by Gasteiger charge is 2.38. The molecule has 2 aromatic rings. The van der Waals surface area contributed by atoms with Crippen molar-refractivity contribution in [3.05, 3.63) is 71.8 Å². The van der Waals surface area contributed by atoms with Crippen molar-refractivity contribution in [1.29, 1.82) is 5.41 Å². The van der Waals surface area contributed by atoms with E-state index in [9.17, 15) is 37.5 Å². The summed E-state index contributed by atoms with van der Waals surface area (Å²) in [6.07, 6.45) is -5.58. The Kier molecular flexibility index (Phi) is 21.6. The van der Waals surface area contributed by atoms with E-state index in [0.717, 1.165) is 11.1 Å². The fraction of sp³-hybridized carbons (Fsp3) is 0.526. The Bertz CT molecular complexity index is 1530. The first-order chi connectivity index (χ1) is 26.2. The fourth-order valence-electron chi connectivity index (χ4n) is 5.11. The van der Waals surface area contributed by atoms with Crippen LogP contribution in [0.5, 0.6) is 0 Å². The number of nitrogens with one attached hydrogen (secondary N) is 5. The second-order valence-corrected chi connectivity index (χ2v) is 13.8. The van der Waals surface area contributed by atoms with E-state index in [2.05, 4.69) is 21.3 Å². The summed E-state index contributed by atoms with van der Waals surface area (Å²) in [6, 6.07) is 16.1. The number of hydrogen-bond donors (Lipinski definition) is 8. The Balaban J connectivity index is 0.00000203. The fourth-order valence-corrected chi connectivity index (χ4v) is 5.11. The molecular weight excluding hydrogens is 739 g/mol. The van der Waals surface area contributed by atoms with Gasteiger partial charge in [-0.2, -0.15) is 13.2 Å². The van der Waals surface area contributed by atoms with E-state index < -0.39 is 54.3 Å². The van der Waals surface area contributed by atoms with Gasteiger partial charge in [0, 0.05) is 20.1 Å². The lowest BCUT2D eigenvalue weighted by molar-refractivity contribution is -0.192. The van der Waals surface area contributed by atoms with E-state index in [0.29, 0.717) is 32.4 Å². The number of benzene rings is 2. The van der Waals surface area contributed by atoms with Gasteiger partial charge in [-0.25, -0.2) is 9.59 Å². The van der Waals surface area contributed by atoms with Crippen LogP contribution in [-0.4, -0.2) is 101 Å². The third-order valence-electron chi connectivity index (χ3n) is 8.20. The lowest BCUT2D eigenvalue weighted by Crippen LogP contribution is -2.58. The first-order valence-electron chi connectivity index (χ1n) is 18.1. The van der Waals surface area contributed by atoms with Crippen molar-refractivity contribution < 1.29 is 52.1 Å². The molecule has 0 aliphatic rings. The van der Waals surface area contributed by atoms with E-state index in [-0.39, 0.29) is 43.2 Å². The average Bonchev–Trinajstić information content (AvgIpc) is 3.12. The maximum atomic E-state index is 13.6. The van der Waals surface area contributed by atoms with E-state index >= 15 is 0 Å². The summed E-state index contributed by atoms with van der Waals surface area (Å²) in [4.78, 5) is 63.0. The third-order valence-corrected chi connectivity index (χ3v) is 8.20. The summed E-state index contributed by atoms with van der Waals surface area (Å²) < 4.78 is 37.1. The van der Waals surface area contributed by atoms with Crippen LogP contribution in [-0.2, 0) is 36.9 Å². The average molecular weight is 796 g/mol. The highest BCUT2D eigenvalue weighted by Crippen LogP contribution is 2.14. The molecule has 4 amide bonds. The quantitative estimate of drug-likeness (QED) is 0.0719. The number of nitrogens with two attached hydrogens (primary N) is 1. The number of carbonyl (C=O) groups is 5. The smallest absolute Gasteiger partial charge is 0.475 e. The number of carbonyl (C=O) groups excluding carboxylic acids is 4. The number of carboxylic acids is 1. The van der Waals surface area contributed by atoms with Crippen molar-refractivity contribution in [2.45, 2.75) is 96.8 Å². The summed E-state index contributed by atoms with van der Waals surface area (Å²) in [6.45, 7) is 8.23. The van der Waals surface area contributed by atoms with Gasteiger partial charge < -0.3 is 46.9 Å². The number of ether oxygens (including phenoxy) is 1. The van der Waals surface area contributed by atoms with Gasteiger partial charge in [-0.3, -0.25) is 19.8 Å². The van der Waals surface area contributed by atoms with Crippen molar-refractivity contribution in [3.63, 3.8) is 0 Å². The number of rotatable bonds is 20. The van der Waals surface area contributed by atoms with Gasteiger partial charge in [0.15, 0.2) is 5.96 Å². The number of alkyl halides is 3. The predicted molar refractivity (Wildman–Crippen MR) is 203 cm³/mol. The summed E-state index contributed by atoms with van der Waals surface area (Å²) in [5, 5.41) is 36.8. The predicted octanol–water partition coefficient (Wildman–Crippen LogP) is 3.30. The number of carboxylic acid groups (broad SMARTS) is 1. The number of aliphatic hydroxyl groups is 1. The molecule has 2 rings (SSSR count). The molecule has 0 aliphatic heterocycles. The molecule has 0 aromatic heterocycles. The van der Waals surface area contributed by atoms with Crippen molar-refractivity contribution in [2.24, 2.45) is 17.6 Å². The van der Waals surface area contributed by atoms with Gasteiger partial charge in [-0.1, -0.05) is 88.4 Å². The van der Waals surface area contributed by atoms with Gasteiger partial charge in [0.1, 0.15) is 18.7 Å². The minimum atomic E-state index is -5.08. The van der Waals surface area contributed by atoms with Crippen LogP contribution in [0.15, 0.2) is 60.7 Å². The molecule has 0 bridgehead atoms. The molecule has 0 unspecified atom stereocenters. The van der Waals surface area contributed by atoms with Gasteiger partial charge >= 0.3 is 18.2 Å². The highest BCUT2D eigenvalue weighted by molar-refractivity contribution is 5.91. The van der Waals surface area contributed by atoms with Gasteiger partial charge in [-0.05, 0) is 48.6 Å². The van der Waals surface area contributed by atoms with Gasteiger partial charge in [0.05, 0.1) is 18.6 Å². The van der Waals surface area contributed by atoms with Crippen LogP contribution in [0.3, 0.4) is 0 Å². The molecule has 0 aliphatic carbocycles. The molecule has 9 N–H and O–H groups in total. The molecule has 312 valence electrons. The number of halogens is 3. The zero-order valence-corrected chi connectivity index (χ0v) is 32.4. The molecule has 0 fully saturated rings. The molecule has 15 nitrogen and oxygen atoms in total. The standard InChI is InChI=1S/C36H55N7O6.C2HF3O2/c1-24(2)21-29(30(44)22-31(45)39-19-18-26-13-8-6-9-14-26)40-34(47)32(25(3)4)42-33(46)28(17-12-20-43(5)35(37)38)41-36(48)49-23-27-15-10-7-11-16-27;3-2(4,5)1(6)7/h6-11,13-16,24-25,28-30,32,44H,12,17-23H2,1-5H3,(H3,37,38)(H,39,45)(H,40,47)(H,41,48)(H,42,46);(H,6,7)/t28-,29-,30-,32-;/m0./s1. The molecule has 0 saturated heterocycles. The molecular formula is C38H56F3N7O8. The zero-order chi connectivity index (χ0) is 42.4. The number of aliphatic hydroxyl groups excluding tert-OH is 1. The number of alkyl carbamates (subject to hydrolysis) is 1.